The van der Waals surface area contributed by atoms with Crippen molar-refractivity contribution in [2.24, 2.45) is 11.5 Å². The minimum Gasteiger partial charge on any atom is -0.478 e. The van der Waals surface area contributed by atoms with Crippen LogP contribution >= 0.6 is 0 Å². The van der Waals surface area contributed by atoms with Crippen LogP contribution in [0.25, 0.3) is 0 Å². The van der Waals surface area contributed by atoms with Crippen molar-refractivity contribution in [1.82, 2.24) is 0 Å². The summed E-state index contributed by atoms with van der Waals surface area (Å²) < 4.78 is 0. The predicted octanol–water partition coefficient (Wildman–Crippen LogP) is -1.60. The average molecular weight is 130 g/mol. The maximum Gasteiger partial charge on any atom is 0.330 e. The first-order valence-corrected chi connectivity index (χ1v) is 2.04. The van der Waals surface area contributed by atoms with E-state index in [1.54, 1.807) is 0 Å². The molecule has 0 bridgehead atoms. The van der Waals surface area contributed by atoms with Crippen LogP contribution in [0, 0.1) is 0 Å². The van der Waals surface area contributed by atoms with Crippen molar-refractivity contribution in [1.29, 1.82) is 0 Å². The molecule has 0 saturated carbocycles. The summed E-state index contributed by atoms with van der Waals surface area (Å²) in [5.74, 6) is -2.22. The van der Waals surface area contributed by atoms with Crippen molar-refractivity contribution in [3.05, 3.63) is 11.8 Å². The zero-order valence-corrected chi connectivity index (χ0v) is 4.50. The standard InChI is InChI=1S/C4H6N2O3/c5-2(4(6)9)1-3(7)8/h1H,5H2,(H2,6,9)(H,7,8)/b2-1+. The topological polar surface area (TPSA) is 106 Å². The molecule has 5 heteroatoms. The van der Waals surface area contributed by atoms with Crippen LogP contribution in [0.4, 0.5) is 0 Å². The number of rotatable bonds is 2. The average Bonchev–Trinajstić information content (AvgIpc) is 1.63. The summed E-state index contributed by atoms with van der Waals surface area (Å²) in [6.07, 6.45) is 0.544. The van der Waals surface area contributed by atoms with Crippen molar-refractivity contribution in [2.75, 3.05) is 0 Å². The maximum absolute atomic E-state index is 10.0. The molecule has 0 atom stereocenters. The SMILES string of the molecule is NC(=O)/C(N)=C\C(=O)O. The Balaban J connectivity index is 4.17. The molecule has 0 saturated heterocycles. The van der Waals surface area contributed by atoms with E-state index in [1.807, 2.05) is 0 Å². The van der Waals surface area contributed by atoms with E-state index < -0.39 is 17.6 Å². The summed E-state index contributed by atoms with van der Waals surface area (Å²) in [7, 11) is 0. The Labute approximate surface area is 50.9 Å². The number of carbonyl (C=O) groups excluding carboxylic acids is 1. The number of amides is 1. The second-order valence-corrected chi connectivity index (χ2v) is 1.30. The normalized spacial score (nSPS) is 10.9. The largest absolute Gasteiger partial charge is 0.478 e. The lowest BCUT2D eigenvalue weighted by Gasteiger charge is -1.88. The van der Waals surface area contributed by atoms with Gasteiger partial charge in [0, 0.05) is 0 Å². The number of carbonyl (C=O) groups is 2. The van der Waals surface area contributed by atoms with Crippen LogP contribution in [0.2, 0.25) is 0 Å². The molecule has 0 spiro atoms. The molecule has 0 unspecified atom stereocenters. The molecule has 0 heterocycles. The Kier molecular flexibility index (Phi) is 2.25. The first-order chi connectivity index (χ1) is 4.04. The van der Waals surface area contributed by atoms with Crippen LogP contribution < -0.4 is 11.5 Å². The van der Waals surface area contributed by atoms with E-state index in [2.05, 4.69) is 5.73 Å². The van der Waals surface area contributed by atoms with Crippen LogP contribution in [0.1, 0.15) is 0 Å². The van der Waals surface area contributed by atoms with Crippen LogP contribution in [0.3, 0.4) is 0 Å². The monoisotopic (exact) mass is 130 g/mol. The van der Waals surface area contributed by atoms with Gasteiger partial charge in [-0.25, -0.2) is 4.79 Å². The third-order valence-electron chi connectivity index (χ3n) is 0.563. The number of hydrogen-bond donors (Lipinski definition) is 3. The highest BCUT2D eigenvalue weighted by Gasteiger charge is 1.99. The van der Waals surface area contributed by atoms with Gasteiger partial charge in [-0.3, -0.25) is 4.79 Å². The zero-order chi connectivity index (χ0) is 7.44. The molecular weight excluding hydrogens is 124 g/mol. The lowest BCUT2D eigenvalue weighted by atomic mass is 10.4. The van der Waals surface area contributed by atoms with Gasteiger partial charge in [0.15, 0.2) is 0 Å². The van der Waals surface area contributed by atoms with Crippen LogP contribution in [-0.4, -0.2) is 17.0 Å². The number of hydrogen-bond acceptors (Lipinski definition) is 3. The number of primary amides is 1. The van der Waals surface area contributed by atoms with Crippen LogP contribution in [0.5, 0.6) is 0 Å². The lowest BCUT2D eigenvalue weighted by Crippen LogP contribution is -2.21. The van der Waals surface area contributed by atoms with Gasteiger partial charge in [-0.15, -0.1) is 0 Å². The van der Waals surface area contributed by atoms with E-state index in [4.69, 9.17) is 10.8 Å². The Morgan fingerprint density at radius 1 is 1.33 bits per heavy atom. The molecule has 0 aromatic heterocycles. The zero-order valence-electron chi connectivity index (χ0n) is 4.50. The molecule has 0 aromatic carbocycles. The molecule has 0 aliphatic rings. The lowest BCUT2D eigenvalue weighted by molar-refractivity contribution is -0.131. The van der Waals surface area contributed by atoms with Gasteiger partial charge in [-0.1, -0.05) is 0 Å². The molecular formula is C4H6N2O3. The Hall–Kier alpha value is -1.52. The molecule has 5 nitrogen and oxygen atoms in total. The first-order valence-electron chi connectivity index (χ1n) is 2.04. The molecule has 0 fully saturated rings. The molecule has 1 amide bonds. The summed E-state index contributed by atoms with van der Waals surface area (Å²) in [5.41, 5.74) is 8.96. The molecule has 9 heavy (non-hydrogen) atoms. The molecule has 0 aliphatic heterocycles. The highest BCUT2D eigenvalue weighted by atomic mass is 16.4. The van der Waals surface area contributed by atoms with E-state index >= 15 is 0 Å². The fourth-order valence-corrected chi connectivity index (χ4v) is 0.204. The Bertz CT molecular complexity index is 173. The summed E-state index contributed by atoms with van der Waals surface area (Å²) in [5, 5.41) is 7.97. The van der Waals surface area contributed by atoms with Gasteiger partial charge in [-0.2, -0.15) is 0 Å². The molecule has 0 radical (unpaired) electrons. The summed E-state index contributed by atoms with van der Waals surface area (Å²) in [4.78, 5) is 19.8. The van der Waals surface area contributed by atoms with Gasteiger partial charge in [0.05, 0.1) is 6.08 Å². The highest BCUT2D eigenvalue weighted by molar-refractivity contribution is 5.97. The summed E-state index contributed by atoms with van der Waals surface area (Å²) in [6, 6.07) is 0. The van der Waals surface area contributed by atoms with Gasteiger partial charge >= 0.3 is 5.97 Å². The van der Waals surface area contributed by atoms with Crippen LogP contribution in [-0.2, 0) is 9.59 Å². The molecule has 0 aromatic rings. The van der Waals surface area contributed by atoms with E-state index in [0.717, 1.165) is 0 Å². The van der Waals surface area contributed by atoms with E-state index in [0.29, 0.717) is 6.08 Å². The van der Waals surface area contributed by atoms with Crippen molar-refractivity contribution in [3.63, 3.8) is 0 Å². The van der Waals surface area contributed by atoms with Gasteiger partial charge in [0.25, 0.3) is 5.91 Å². The number of carboxylic acid groups (broad SMARTS) is 1. The van der Waals surface area contributed by atoms with Gasteiger partial charge in [0.2, 0.25) is 0 Å². The Morgan fingerprint density at radius 2 is 1.78 bits per heavy atom. The molecule has 0 aliphatic carbocycles. The van der Waals surface area contributed by atoms with Crippen molar-refractivity contribution < 1.29 is 14.7 Å². The highest BCUT2D eigenvalue weighted by Crippen LogP contribution is 1.79. The molecule has 5 N–H and O–H groups in total. The minimum absolute atomic E-state index is 0.456. The maximum atomic E-state index is 10.0. The summed E-state index contributed by atoms with van der Waals surface area (Å²) >= 11 is 0. The molecule has 50 valence electrons. The summed E-state index contributed by atoms with van der Waals surface area (Å²) in [6.45, 7) is 0. The second kappa shape index (κ2) is 2.71. The molecule has 0 rings (SSSR count). The van der Waals surface area contributed by atoms with Gasteiger partial charge in [-0.05, 0) is 0 Å². The van der Waals surface area contributed by atoms with Crippen molar-refractivity contribution in [2.45, 2.75) is 0 Å². The minimum atomic E-state index is -1.29. The Morgan fingerprint density at radius 3 is 1.89 bits per heavy atom. The van der Waals surface area contributed by atoms with Crippen molar-refractivity contribution in [3.8, 4) is 0 Å². The fraction of sp³-hybridized carbons (Fsp3) is 0. The quantitative estimate of drug-likeness (QED) is 0.391. The van der Waals surface area contributed by atoms with E-state index in [1.165, 1.54) is 0 Å². The van der Waals surface area contributed by atoms with E-state index in [-0.39, 0.29) is 0 Å². The predicted molar refractivity (Wildman–Crippen MR) is 29.1 cm³/mol. The number of nitrogens with two attached hydrogens (primary N) is 2. The third-order valence-corrected chi connectivity index (χ3v) is 0.563. The second-order valence-electron chi connectivity index (χ2n) is 1.30. The number of carboxylic acids is 1. The fourth-order valence-electron chi connectivity index (χ4n) is 0.204. The van der Waals surface area contributed by atoms with Crippen LogP contribution in [0.15, 0.2) is 11.8 Å². The van der Waals surface area contributed by atoms with Gasteiger partial charge < -0.3 is 16.6 Å². The van der Waals surface area contributed by atoms with Crippen molar-refractivity contribution >= 4 is 11.9 Å². The van der Waals surface area contributed by atoms with Gasteiger partial charge in [0.1, 0.15) is 5.70 Å². The third kappa shape index (κ3) is 3.10. The number of aliphatic carboxylic acids is 1. The first kappa shape index (κ1) is 7.48. The smallest absolute Gasteiger partial charge is 0.330 e. The van der Waals surface area contributed by atoms with E-state index in [9.17, 15) is 9.59 Å².